The lowest BCUT2D eigenvalue weighted by Crippen LogP contribution is -2.41. The largest absolute Gasteiger partial charge is 0.490 e. The number of halogens is 2. The van der Waals surface area contributed by atoms with Gasteiger partial charge in [0, 0.05) is 12.5 Å². The third kappa shape index (κ3) is 3.96. The summed E-state index contributed by atoms with van der Waals surface area (Å²) in [5.41, 5.74) is 1.28. The van der Waals surface area contributed by atoms with Gasteiger partial charge in [-0.15, -0.1) is 12.4 Å². The van der Waals surface area contributed by atoms with Crippen LogP contribution in [0, 0.1) is 5.82 Å². The van der Waals surface area contributed by atoms with E-state index in [0.717, 1.165) is 25.3 Å². The standard InChI is InChI=1S/C17H18FNO.ClH/c18-14-6-8-15(9-7-14)20-17-10-11-19-12-16(17)13-4-2-1-3-5-13;/h1-9,16-17,19H,10-12H2;1H/t16-,17-;/m1./s1. The normalized spacial score (nSPS) is 21.4. The zero-order valence-corrected chi connectivity index (χ0v) is 12.5. The molecule has 0 aromatic heterocycles. The summed E-state index contributed by atoms with van der Waals surface area (Å²) in [6, 6.07) is 16.7. The lowest BCUT2D eigenvalue weighted by Gasteiger charge is -2.32. The van der Waals surface area contributed by atoms with E-state index < -0.39 is 0 Å². The van der Waals surface area contributed by atoms with Crippen molar-refractivity contribution in [2.24, 2.45) is 0 Å². The molecule has 0 amide bonds. The Bertz CT molecular complexity index is 546. The Labute approximate surface area is 130 Å². The average Bonchev–Trinajstić information content (AvgIpc) is 2.51. The molecule has 1 saturated heterocycles. The Hall–Kier alpha value is -1.58. The molecular weight excluding hydrogens is 289 g/mol. The lowest BCUT2D eigenvalue weighted by atomic mass is 9.89. The number of nitrogens with one attached hydrogen (secondary N) is 1. The molecular formula is C17H19ClFNO. The van der Waals surface area contributed by atoms with Gasteiger partial charge < -0.3 is 10.1 Å². The summed E-state index contributed by atoms with van der Waals surface area (Å²) in [7, 11) is 0. The number of hydrogen-bond acceptors (Lipinski definition) is 2. The van der Waals surface area contributed by atoms with E-state index in [9.17, 15) is 4.39 Å². The van der Waals surface area contributed by atoms with Crippen LogP contribution in [-0.2, 0) is 0 Å². The van der Waals surface area contributed by atoms with E-state index in [2.05, 4.69) is 29.6 Å². The molecule has 0 aliphatic carbocycles. The molecule has 112 valence electrons. The number of hydrogen-bond donors (Lipinski definition) is 1. The van der Waals surface area contributed by atoms with Crippen molar-refractivity contribution in [3.8, 4) is 5.75 Å². The van der Waals surface area contributed by atoms with Crippen molar-refractivity contribution in [2.75, 3.05) is 13.1 Å². The summed E-state index contributed by atoms with van der Waals surface area (Å²) in [6.07, 6.45) is 1.08. The Morgan fingerprint density at radius 1 is 1.00 bits per heavy atom. The number of rotatable bonds is 3. The third-order valence-corrected chi connectivity index (χ3v) is 3.75. The van der Waals surface area contributed by atoms with E-state index in [4.69, 9.17) is 4.74 Å². The lowest BCUT2D eigenvalue weighted by molar-refractivity contribution is 0.138. The molecule has 0 radical (unpaired) electrons. The Morgan fingerprint density at radius 2 is 1.71 bits per heavy atom. The predicted molar refractivity (Wildman–Crippen MR) is 84.7 cm³/mol. The molecule has 1 aliphatic rings. The second kappa shape index (κ2) is 7.43. The fraction of sp³-hybridized carbons (Fsp3) is 0.294. The topological polar surface area (TPSA) is 21.3 Å². The molecule has 0 bridgehead atoms. The SMILES string of the molecule is Cl.Fc1ccc(O[C@@H]2CCNC[C@@H]2c2ccccc2)cc1. The van der Waals surface area contributed by atoms with Crippen molar-refractivity contribution in [1.82, 2.24) is 5.32 Å². The van der Waals surface area contributed by atoms with Crippen molar-refractivity contribution in [3.63, 3.8) is 0 Å². The van der Waals surface area contributed by atoms with Crippen LogP contribution in [-0.4, -0.2) is 19.2 Å². The molecule has 1 aliphatic heterocycles. The second-order valence-electron chi connectivity index (χ2n) is 5.12. The molecule has 0 saturated carbocycles. The monoisotopic (exact) mass is 307 g/mol. The van der Waals surface area contributed by atoms with Crippen LogP contribution in [0.2, 0.25) is 0 Å². The Kier molecular flexibility index (Phi) is 5.59. The number of benzene rings is 2. The van der Waals surface area contributed by atoms with Gasteiger partial charge in [-0.05, 0) is 42.8 Å². The zero-order valence-electron chi connectivity index (χ0n) is 11.7. The number of piperidine rings is 1. The zero-order chi connectivity index (χ0) is 13.8. The van der Waals surface area contributed by atoms with Gasteiger partial charge in [0.2, 0.25) is 0 Å². The highest BCUT2D eigenvalue weighted by Gasteiger charge is 2.27. The molecule has 2 aromatic rings. The summed E-state index contributed by atoms with van der Waals surface area (Å²) < 4.78 is 19.0. The third-order valence-electron chi connectivity index (χ3n) is 3.75. The van der Waals surface area contributed by atoms with Crippen LogP contribution >= 0.6 is 12.4 Å². The van der Waals surface area contributed by atoms with Gasteiger partial charge >= 0.3 is 0 Å². The van der Waals surface area contributed by atoms with Crippen molar-refractivity contribution < 1.29 is 9.13 Å². The van der Waals surface area contributed by atoms with Gasteiger partial charge in [-0.2, -0.15) is 0 Å². The molecule has 21 heavy (non-hydrogen) atoms. The van der Waals surface area contributed by atoms with E-state index in [0.29, 0.717) is 5.92 Å². The van der Waals surface area contributed by atoms with E-state index in [1.165, 1.54) is 17.7 Å². The maximum absolute atomic E-state index is 12.9. The van der Waals surface area contributed by atoms with Crippen LogP contribution in [0.4, 0.5) is 4.39 Å². The number of ether oxygens (including phenoxy) is 1. The van der Waals surface area contributed by atoms with Crippen LogP contribution in [0.25, 0.3) is 0 Å². The van der Waals surface area contributed by atoms with Gasteiger partial charge in [0.25, 0.3) is 0 Å². The van der Waals surface area contributed by atoms with Crippen LogP contribution in [0.1, 0.15) is 17.9 Å². The highest BCUT2D eigenvalue weighted by atomic mass is 35.5. The molecule has 1 heterocycles. The fourth-order valence-corrected chi connectivity index (χ4v) is 2.70. The molecule has 2 atom stereocenters. The first-order chi connectivity index (χ1) is 9.83. The summed E-state index contributed by atoms with van der Waals surface area (Å²) >= 11 is 0. The van der Waals surface area contributed by atoms with Gasteiger partial charge in [0.1, 0.15) is 17.7 Å². The van der Waals surface area contributed by atoms with E-state index in [1.807, 2.05) is 6.07 Å². The van der Waals surface area contributed by atoms with Gasteiger partial charge in [-0.3, -0.25) is 0 Å². The molecule has 1 N–H and O–H groups in total. The molecule has 3 rings (SSSR count). The molecule has 2 nitrogen and oxygen atoms in total. The van der Waals surface area contributed by atoms with Gasteiger partial charge in [-0.1, -0.05) is 30.3 Å². The Morgan fingerprint density at radius 3 is 2.43 bits per heavy atom. The maximum Gasteiger partial charge on any atom is 0.123 e. The quantitative estimate of drug-likeness (QED) is 0.932. The summed E-state index contributed by atoms with van der Waals surface area (Å²) in [6.45, 7) is 1.87. The van der Waals surface area contributed by atoms with E-state index in [-0.39, 0.29) is 24.3 Å². The highest BCUT2D eigenvalue weighted by molar-refractivity contribution is 5.85. The predicted octanol–water partition coefficient (Wildman–Crippen LogP) is 3.77. The molecule has 1 fully saturated rings. The van der Waals surface area contributed by atoms with Crippen molar-refractivity contribution >= 4 is 12.4 Å². The van der Waals surface area contributed by atoms with Gasteiger partial charge in [0.05, 0.1) is 0 Å². The van der Waals surface area contributed by atoms with Crippen LogP contribution in [0.15, 0.2) is 54.6 Å². The van der Waals surface area contributed by atoms with E-state index >= 15 is 0 Å². The molecule has 0 spiro atoms. The summed E-state index contributed by atoms with van der Waals surface area (Å²) in [5, 5.41) is 3.42. The first-order valence-corrected chi connectivity index (χ1v) is 7.01. The van der Waals surface area contributed by atoms with Crippen molar-refractivity contribution in [1.29, 1.82) is 0 Å². The smallest absolute Gasteiger partial charge is 0.123 e. The van der Waals surface area contributed by atoms with Crippen LogP contribution in [0.3, 0.4) is 0 Å². The van der Waals surface area contributed by atoms with Crippen LogP contribution < -0.4 is 10.1 Å². The van der Waals surface area contributed by atoms with Crippen molar-refractivity contribution in [3.05, 3.63) is 66.0 Å². The minimum Gasteiger partial charge on any atom is -0.490 e. The highest BCUT2D eigenvalue weighted by Crippen LogP contribution is 2.27. The minimum absolute atomic E-state index is 0. The maximum atomic E-state index is 12.9. The molecule has 2 aromatic carbocycles. The van der Waals surface area contributed by atoms with E-state index in [1.54, 1.807) is 12.1 Å². The Balaban J connectivity index is 0.00000161. The average molecular weight is 308 g/mol. The molecule has 4 heteroatoms. The first-order valence-electron chi connectivity index (χ1n) is 7.01. The summed E-state index contributed by atoms with van der Waals surface area (Å²) in [5.74, 6) is 0.830. The summed E-state index contributed by atoms with van der Waals surface area (Å²) in [4.78, 5) is 0. The van der Waals surface area contributed by atoms with Crippen LogP contribution in [0.5, 0.6) is 5.75 Å². The fourth-order valence-electron chi connectivity index (χ4n) is 2.70. The minimum atomic E-state index is -0.234. The first kappa shape index (κ1) is 15.8. The second-order valence-corrected chi connectivity index (χ2v) is 5.12. The van der Waals surface area contributed by atoms with Gasteiger partial charge in [-0.25, -0.2) is 4.39 Å². The van der Waals surface area contributed by atoms with Gasteiger partial charge in [0.15, 0.2) is 0 Å². The molecule has 0 unspecified atom stereocenters. The van der Waals surface area contributed by atoms with Crippen molar-refractivity contribution in [2.45, 2.75) is 18.4 Å².